The lowest BCUT2D eigenvalue weighted by Crippen LogP contribution is -2.37. The minimum absolute atomic E-state index is 0.262. The zero-order valence-electron chi connectivity index (χ0n) is 41.1. The summed E-state index contributed by atoms with van der Waals surface area (Å²) < 4.78 is 14.2. The number of para-hydroxylation sites is 3. The van der Waals surface area contributed by atoms with E-state index < -0.39 is 5.41 Å². The Morgan fingerprint density at radius 1 is 0.260 bits per heavy atom. The summed E-state index contributed by atoms with van der Waals surface area (Å²) in [5.41, 5.74) is 20.6. The Morgan fingerprint density at radius 3 is 0.932 bits per heavy atom. The SMILES string of the molecule is CC(C)(C)c1ccc2c(c1-c1cccc(-c3c(-c4ccccc4)c(-c4ccccc4)c(-c4ccccc4)c(-c4ccccc4)c3-c3ccccc3)c1)Oc1ccccc1C21c2ccccc2Oc2ccccc21. The molecule has 11 aromatic carbocycles. The average Bonchev–Trinajstić information content (AvgIpc) is 3.45. The summed E-state index contributed by atoms with van der Waals surface area (Å²) >= 11 is 0. The lowest BCUT2D eigenvalue weighted by molar-refractivity contribution is 0.399. The highest BCUT2D eigenvalue weighted by Crippen LogP contribution is 2.64. The van der Waals surface area contributed by atoms with Gasteiger partial charge in [0.2, 0.25) is 0 Å². The van der Waals surface area contributed by atoms with Crippen LogP contribution >= 0.6 is 0 Å². The van der Waals surface area contributed by atoms with Gasteiger partial charge in [0.25, 0.3) is 0 Å². The fourth-order valence-electron chi connectivity index (χ4n) is 11.9. The van der Waals surface area contributed by atoms with Crippen LogP contribution in [0.3, 0.4) is 0 Å². The van der Waals surface area contributed by atoms with Crippen molar-refractivity contribution < 1.29 is 9.47 Å². The first kappa shape index (κ1) is 44.0. The van der Waals surface area contributed by atoms with Crippen LogP contribution in [0, 0.1) is 0 Å². The number of hydrogen-bond donors (Lipinski definition) is 0. The minimum Gasteiger partial charge on any atom is -0.457 e. The largest absolute Gasteiger partial charge is 0.457 e. The second-order valence-electron chi connectivity index (χ2n) is 20.2. The van der Waals surface area contributed by atoms with Crippen LogP contribution in [-0.4, -0.2) is 0 Å². The third-order valence-corrected chi connectivity index (χ3v) is 14.9. The van der Waals surface area contributed by atoms with Gasteiger partial charge in [-0.05, 0) is 108 Å². The van der Waals surface area contributed by atoms with Crippen LogP contribution in [0.1, 0.15) is 48.6 Å². The summed E-state index contributed by atoms with van der Waals surface area (Å²) in [5, 5.41) is 0. The molecule has 0 amide bonds. The summed E-state index contributed by atoms with van der Waals surface area (Å²) in [6.45, 7) is 6.94. The molecule has 0 bridgehead atoms. The van der Waals surface area contributed by atoms with Crippen LogP contribution < -0.4 is 9.47 Å². The zero-order valence-corrected chi connectivity index (χ0v) is 41.1. The highest BCUT2D eigenvalue weighted by Gasteiger charge is 2.51. The van der Waals surface area contributed by atoms with Crippen LogP contribution in [0.15, 0.2) is 261 Å². The molecular formula is C71H52O2. The Kier molecular flexibility index (Phi) is 10.7. The summed E-state index contributed by atoms with van der Waals surface area (Å²) in [6, 6.07) is 94.6. The molecule has 0 fully saturated rings. The molecule has 1 spiro atoms. The van der Waals surface area contributed by atoms with Crippen LogP contribution in [0.25, 0.3) is 77.9 Å². The Bertz CT molecular complexity index is 3680. The van der Waals surface area contributed by atoms with Crippen molar-refractivity contribution in [1.82, 2.24) is 0 Å². The standard InChI is InChI=1S/C71H52O2/c1-70(2,3)57-44-45-58-69(73-61-43-24-21-40-56(61)71(58)54-38-19-22-41-59(54)72-60-42-23-20-39-55(60)71)62(57)52-36-25-37-53(46-52)68-66(50-32-15-7-16-33-50)64(48-28-11-5-12-29-48)63(47-26-9-4-10-27-47)65(49-30-13-6-14-31-49)67(68)51-34-17-8-18-35-51/h4-46H,1-3H3. The predicted octanol–water partition coefficient (Wildman–Crippen LogP) is 19.2. The molecule has 2 aliphatic rings. The maximum Gasteiger partial charge on any atom is 0.140 e. The number of ether oxygens (including phenoxy) is 2. The maximum atomic E-state index is 7.47. The minimum atomic E-state index is -0.734. The Morgan fingerprint density at radius 2 is 0.562 bits per heavy atom. The molecule has 0 saturated carbocycles. The molecule has 0 N–H and O–H groups in total. The van der Waals surface area contributed by atoms with Crippen molar-refractivity contribution in [3.63, 3.8) is 0 Å². The highest BCUT2D eigenvalue weighted by molar-refractivity contribution is 6.15. The van der Waals surface area contributed by atoms with Gasteiger partial charge in [-0.2, -0.15) is 0 Å². The van der Waals surface area contributed by atoms with Crippen LogP contribution in [0.4, 0.5) is 0 Å². The van der Waals surface area contributed by atoms with Gasteiger partial charge in [0.15, 0.2) is 0 Å². The Balaban J connectivity index is 1.19. The normalized spacial score (nSPS) is 12.9. The van der Waals surface area contributed by atoms with Gasteiger partial charge in [0.1, 0.15) is 23.0 Å². The van der Waals surface area contributed by atoms with E-state index in [4.69, 9.17) is 9.47 Å². The van der Waals surface area contributed by atoms with Crippen molar-refractivity contribution in [1.29, 1.82) is 0 Å². The molecule has 348 valence electrons. The van der Waals surface area contributed by atoms with E-state index in [0.717, 1.165) is 95.3 Å². The summed E-state index contributed by atoms with van der Waals surface area (Å²) in [6.07, 6.45) is 0. The van der Waals surface area contributed by atoms with Crippen LogP contribution in [0.2, 0.25) is 0 Å². The lowest BCUT2D eigenvalue weighted by Gasteiger charge is -2.45. The van der Waals surface area contributed by atoms with E-state index in [2.05, 4.69) is 282 Å². The highest BCUT2D eigenvalue weighted by atomic mass is 16.5. The monoisotopic (exact) mass is 936 g/mol. The Labute approximate surface area is 428 Å². The number of rotatable bonds is 7. The molecule has 13 rings (SSSR count). The second kappa shape index (κ2) is 17.7. The van der Waals surface area contributed by atoms with E-state index in [1.807, 2.05) is 0 Å². The van der Waals surface area contributed by atoms with Crippen molar-refractivity contribution in [3.05, 3.63) is 289 Å². The fourth-order valence-corrected chi connectivity index (χ4v) is 11.9. The van der Waals surface area contributed by atoms with Crippen molar-refractivity contribution in [2.75, 3.05) is 0 Å². The third kappa shape index (κ3) is 7.16. The summed E-state index contributed by atoms with van der Waals surface area (Å²) in [5.74, 6) is 3.38. The first-order valence-electron chi connectivity index (χ1n) is 25.3. The molecule has 73 heavy (non-hydrogen) atoms. The van der Waals surface area contributed by atoms with E-state index in [-0.39, 0.29) is 5.41 Å². The van der Waals surface area contributed by atoms with E-state index in [0.29, 0.717) is 0 Å². The molecular weight excluding hydrogens is 885 g/mol. The average molecular weight is 937 g/mol. The molecule has 0 atom stereocenters. The van der Waals surface area contributed by atoms with E-state index in [1.165, 1.54) is 33.4 Å². The first-order valence-corrected chi connectivity index (χ1v) is 25.3. The van der Waals surface area contributed by atoms with Crippen molar-refractivity contribution in [2.24, 2.45) is 0 Å². The summed E-state index contributed by atoms with van der Waals surface area (Å²) in [7, 11) is 0. The van der Waals surface area contributed by atoms with Gasteiger partial charge in [-0.1, -0.05) is 257 Å². The molecule has 2 heterocycles. The van der Waals surface area contributed by atoms with E-state index in [1.54, 1.807) is 0 Å². The molecule has 0 radical (unpaired) electrons. The van der Waals surface area contributed by atoms with Crippen molar-refractivity contribution >= 4 is 0 Å². The number of fused-ring (bicyclic) bond motifs is 8. The van der Waals surface area contributed by atoms with Gasteiger partial charge in [0, 0.05) is 27.8 Å². The molecule has 2 heteroatoms. The topological polar surface area (TPSA) is 18.5 Å². The van der Waals surface area contributed by atoms with Gasteiger partial charge >= 0.3 is 0 Å². The number of benzene rings is 11. The second-order valence-corrected chi connectivity index (χ2v) is 20.2. The molecule has 2 nitrogen and oxygen atoms in total. The lowest BCUT2D eigenvalue weighted by atomic mass is 9.61. The molecule has 0 aliphatic carbocycles. The van der Waals surface area contributed by atoms with Crippen LogP contribution in [0.5, 0.6) is 23.0 Å². The smallest absolute Gasteiger partial charge is 0.140 e. The molecule has 11 aromatic rings. The van der Waals surface area contributed by atoms with Gasteiger partial charge in [0.05, 0.1) is 5.41 Å². The van der Waals surface area contributed by atoms with Crippen molar-refractivity contribution in [2.45, 2.75) is 31.6 Å². The van der Waals surface area contributed by atoms with E-state index >= 15 is 0 Å². The predicted molar refractivity (Wildman–Crippen MR) is 302 cm³/mol. The maximum absolute atomic E-state index is 7.47. The third-order valence-electron chi connectivity index (χ3n) is 14.9. The van der Waals surface area contributed by atoms with E-state index in [9.17, 15) is 0 Å². The quantitative estimate of drug-likeness (QED) is 0.159. The van der Waals surface area contributed by atoms with Gasteiger partial charge in [-0.3, -0.25) is 0 Å². The fraction of sp³-hybridized carbons (Fsp3) is 0.0704. The first-order chi connectivity index (χ1) is 35.9. The number of hydrogen-bond acceptors (Lipinski definition) is 2. The molecule has 0 unspecified atom stereocenters. The molecule has 0 saturated heterocycles. The molecule has 0 aromatic heterocycles. The van der Waals surface area contributed by atoms with Crippen molar-refractivity contribution in [3.8, 4) is 101 Å². The zero-order chi connectivity index (χ0) is 49.1. The summed E-state index contributed by atoms with van der Waals surface area (Å²) in [4.78, 5) is 0. The molecule has 2 aliphatic heterocycles. The van der Waals surface area contributed by atoms with Gasteiger partial charge in [-0.25, -0.2) is 0 Å². The van der Waals surface area contributed by atoms with Gasteiger partial charge < -0.3 is 9.47 Å². The Hall–Kier alpha value is -8.98. The van der Waals surface area contributed by atoms with Crippen LogP contribution in [-0.2, 0) is 10.8 Å². The van der Waals surface area contributed by atoms with Gasteiger partial charge in [-0.15, -0.1) is 0 Å².